The minimum Gasteiger partial charge on any atom is -0.490 e. The summed E-state index contributed by atoms with van der Waals surface area (Å²) in [6.07, 6.45) is 1.52. The molecule has 0 aliphatic heterocycles. The average molecular weight is 356 g/mol. The van der Waals surface area contributed by atoms with Crippen LogP contribution in [0.25, 0.3) is 0 Å². The number of carbonyl (C=O) groups excluding carboxylic acids is 1. The van der Waals surface area contributed by atoms with Crippen molar-refractivity contribution >= 4 is 34.0 Å². The second-order valence-electron chi connectivity index (χ2n) is 4.51. The Hall–Kier alpha value is -1.86. The van der Waals surface area contributed by atoms with Gasteiger partial charge in [-0.1, -0.05) is 23.5 Å². The number of ether oxygens (including phenoxy) is 2. The molecule has 6 nitrogen and oxygen atoms in total. The highest BCUT2D eigenvalue weighted by Crippen LogP contribution is 2.26. The molecule has 0 saturated heterocycles. The van der Waals surface area contributed by atoms with Crippen molar-refractivity contribution in [3.63, 3.8) is 0 Å². The molecular weight excluding hydrogens is 338 g/mol. The van der Waals surface area contributed by atoms with Crippen molar-refractivity contribution in [2.24, 2.45) is 0 Å². The Balaban J connectivity index is 1.76. The lowest BCUT2D eigenvalue weighted by molar-refractivity contribution is -0.113. The highest BCUT2D eigenvalue weighted by molar-refractivity contribution is 7.15. The predicted molar refractivity (Wildman–Crippen MR) is 90.7 cm³/mol. The van der Waals surface area contributed by atoms with Gasteiger partial charge in [-0.25, -0.2) is 0 Å². The minimum absolute atomic E-state index is 0.0952. The zero-order chi connectivity index (χ0) is 16.5. The quantitative estimate of drug-likeness (QED) is 0.552. The molecule has 8 heteroatoms. The smallest absolute Gasteiger partial charge is 0.241 e. The molecule has 0 aliphatic carbocycles. The number of hydrogen-bond donors (Lipinski definition) is 1. The topological polar surface area (TPSA) is 73.3 Å². The van der Waals surface area contributed by atoms with Crippen molar-refractivity contribution in [1.29, 1.82) is 0 Å². The van der Waals surface area contributed by atoms with Gasteiger partial charge in [-0.05, 0) is 25.5 Å². The molecule has 0 saturated carbocycles. The third kappa shape index (κ3) is 5.69. The Morgan fingerprint density at radius 1 is 1.26 bits per heavy atom. The molecule has 124 valence electrons. The van der Waals surface area contributed by atoms with Gasteiger partial charge in [0.25, 0.3) is 0 Å². The molecule has 1 aromatic carbocycles. The van der Waals surface area contributed by atoms with E-state index in [1.807, 2.05) is 31.2 Å². The Morgan fingerprint density at radius 3 is 2.70 bits per heavy atom. The Bertz CT molecular complexity index is 636. The van der Waals surface area contributed by atoms with E-state index in [4.69, 9.17) is 21.1 Å². The lowest BCUT2D eigenvalue weighted by Gasteiger charge is -2.10. The van der Waals surface area contributed by atoms with Gasteiger partial charge in [0.15, 0.2) is 11.5 Å². The Kier molecular flexibility index (Phi) is 7.09. The molecule has 1 amide bonds. The summed E-state index contributed by atoms with van der Waals surface area (Å²) >= 11 is 6.76. The molecule has 2 rings (SSSR count). The molecule has 0 atom stereocenters. The second-order valence-corrected chi connectivity index (χ2v) is 5.84. The van der Waals surface area contributed by atoms with Gasteiger partial charge in [-0.15, -0.1) is 21.8 Å². The zero-order valence-electron chi connectivity index (χ0n) is 12.8. The van der Waals surface area contributed by atoms with Crippen molar-refractivity contribution in [2.45, 2.75) is 19.8 Å². The minimum atomic E-state index is -0.287. The van der Waals surface area contributed by atoms with E-state index in [0.717, 1.165) is 29.3 Å². The van der Waals surface area contributed by atoms with Gasteiger partial charge in [0.05, 0.1) is 13.2 Å². The van der Waals surface area contributed by atoms with Crippen molar-refractivity contribution in [3.8, 4) is 11.5 Å². The molecule has 1 heterocycles. The molecule has 2 aromatic rings. The van der Waals surface area contributed by atoms with Gasteiger partial charge in [0, 0.05) is 6.42 Å². The van der Waals surface area contributed by atoms with Gasteiger partial charge >= 0.3 is 0 Å². The van der Waals surface area contributed by atoms with E-state index < -0.39 is 0 Å². The number of alkyl halides is 1. The fourth-order valence-corrected chi connectivity index (χ4v) is 2.67. The van der Waals surface area contributed by atoms with Crippen LogP contribution in [0.15, 0.2) is 24.3 Å². The molecule has 23 heavy (non-hydrogen) atoms. The van der Waals surface area contributed by atoms with Crippen molar-refractivity contribution < 1.29 is 14.3 Å². The standard InChI is InChI=1S/C15H18ClN3O3S/c1-2-21-11-6-3-4-7-12(11)22-9-5-8-14-18-19-15(23-14)17-13(20)10-16/h3-4,6-7H,2,5,8-10H2,1H3,(H,17,19,20). The van der Waals surface area contributed by atoms with Crippen LogP contribution in [0.1, 0.15) is 18.4 Å². The molecule has 0 unspecified atom stereocenters. The molecule has 0 fully saturated rings. The van der Waals surface area contributed by atoms with Crippen LogP contribution in [0.3, 0.4) is 0 Å². The van der Waals surface area contributed by atoms with Crippen LogP contribution in [0.5, 0.6) is 11.5 Å². The first-order valence-electron chi connectivity index (χ1n) is 7.25. The Labute approximate surface area is 143 Å². The average Bonchev–Trinajstić information content (AvgIpc) is 3.00. The van der Waals surface area contributed by atoms with Crippen LogP contribution in [0.4, 0.5) is 5.13 Å². The normalized spacial score (nSPS) is 10.3. The summed E-state index contributed by atoms with van der Waals surface area (Å²) in [6.45, 7) is 3.09. The lowest BCUT2D eigenvalue weighted by atomic mass is 10.3. The summed E-state index contributed by atoms with van der Waals surface area (Å²) in [4.78, 5) is 11.2. The number of benzene rings is 1. The Morgan fingerprint density at radius 2 is 2.00 bits per heavy atom. The molecule has 1 N–H and O–H groups in total. The molecular formula is C15H18ClN3O3S. The maximum Gasteiger partial charge on any atom is 0.241 e. The third-order valence-corrected chi connectivity index (χ3v) is 3.92. The number of nitrogens with zero attached hydrogens (tertiary/aromatic N) is 2. The largest absolute Gasteiger partial charge is 0.490 e. The first-order chi connectivity index (χ1) is 11.2. The van der Waals surface area contributed by atoms with E-state index >= 15 is 0 Å². The first kappa shape index (κ1) is 17.5. The first-order valence-corrected chi connectivity index (χ1v) is 8.61. The number of anilines is 1. The number of carbonyl (C=O) groups is 1. The van der Waals surface area contributed by atoms with Crippen LogP contribution in [-0.4, -0.2) is 35.2 Å². The highest BCUT2D eigenvalue weighted by atomic mass is 35.5. The molecule has 1 aromatic heterocycles. The van der Waals surface area contributed by atoms with Crippen LogP contribution < -0.4 is 14.8 Å². The number of aromatic nitrogens is 2. The molecule has 0 aliphatic rings. The van der Waals surface area contributed by atoms with Crippen molar-refractivity contribution in [3.05, 3.63) is 29.3 Å². The summed E-state index contributed by atoms with van der Waals surface area (Å²) in [5.74, 6) is 1.10. The van der Waals surface area contributed by atoms with Crippen LogP contribution in [-0.2, 0) is 11.2 Å². The summed E-state index contributed by atoms with van der Waals surface area (Å²) < 4.78 is 11.3. The van der Waals surface area contributed by atoms with E-state index in [-0.39, 0.29) is 11.8 Å². The van der Waals surface area contributed by atoms with E-state index in [2.05, 4.69) is 15.5 Å². The van der Waals surface area contributed by atoms with Gasteiger partial charge in [-0.2, -0.15) is 0 Å². The third-order valence-electron chi connectivity index (χ3n) is 2.78. The van der Waals surface area contributed by atoms with Crippen molar-refractivity contribution in [1.82, 2.24) is 10.2 Å². The van der Waals surface area contributed by atoms with E-state index in [1.165, 1.54) is 11.3 Å². The van der Waals surface area contributed by atoms with E-state index in [1.54, 1.807) is 0 Å². The van der Waals surface area contributed by atoms with E-state index in [9.17, 15) is 4.79 Å². The number of nitrogens with one attached hydrogen (secondary N) is 1. The summed E-state index contributed by atoms with van der Waals surface area (Å²) in [5.41, 5.74) is 0. The number of hydrogen-bond acceptors (Lipinski definition) is 6. The lowest BCUT2D eigenvalue weighted by Crippen LogP contribution is -2.12. The SMILES string of the molecule is CCOc1ccccc1OCCCc1nnc(NC(=O)CCl)s1. The fraction of sp³-hybridized carbons (Fsp3) is 0.400. The van der Waals surface area contributed by atoms with Crippen LogP contribution in [0, 0.1) is 0 Å². The number of rotatable bonds is 9. The number of halogens is 1. The van der Waals surface area contributed by atoms with Gasteiger partial charge in [0.2, 0.25) is 11.0 Å². The van der Waals surface area contributed by atoms with E-state index in [0.29, 0.717) is 18.3 Å². The van der Waals surface area contributed by atoms with Gasteiger partial charge in [0.1, 0.15) is 10.9 Å². The summed E-state index contributed by atoms with van der Waals surface area (Å²) in [6, 6.07) is 7.59. The molecule has 0 spiro atoms. The van der Waals surface area contributed by atoms with Crippen LogP contribution >= 0.6 is 22.9 Å². The van der Waals surface area contributed by atoms with Crippen LogP contribution in [0.2, 0.25) is 0 Å². The van der Waals surface area contributed by atoms with Gasteiger partial charge < -0.3 is 9.47 Å². The van der Waals surface area contributed by atoms with Gasteiger partial charge in [-0.3, -0.25) is 10.1 Å². The zero-order valence-corrected chi connectivity index (χ0v) is 14.3. The number of para-hydroxylation sites is 2. The molecule has 0 radical (unpaired) electrons. The highest BCUT2D eigenvalue weighted by Gasteiger charge is 2.08. The maximum absolute atomic E-state index is 11.2. The molecule has 0 bridgehead atoms. The van der Waals surface area contributed by atoms with Crippen molar-refractivity contribution in [2.75, 3.05) is 24.4 Å². The fourth-order valence-electron chi connectivity index (χ4n) is 1.81. The predicted octanol–water partition coefficient (Wildman–Crippen LogP) is 3.13. The monoisotopic (exact) mass is 355 g/mol. The maximum atomic E-state index is 11.2. The number of aryl methyl sites for hydroxylation is 1. The second kappa shape index (κ2) is 9.32. The summed E-state index contributed by atoms with van der Waals surface area (Å²) in [7, 11) is 0. The summed E-state index contributed by atoms with van der Waals surface area (Å²) in [5, 5.41) is 11.8. The number of amides is 1.